The molecule has 0 bridgehead atoms. The van der Waals surface area contributed by atoms with Gasteiger partial charge < -0.3 is 24.6 Å². The van der Waals surface area contributed by atoms with Crippen molar-refractivity contribution in [2.75, 3.05) is 26.4 Å². The van der Waals surface area contributed by atoms with Gasteiger partial charge in [-0.25, -0.2) is 4.57 Å². The molecule has 3 unspecified atom stereocenters. The van der Waals surface area contributed by atoms with Gasteiger partial charge in [0.1, 0.15) is 12.2 Å². The van der Waals surface area contributed by atoms with Gasteiger partial charge in [0.2, 0.25) is 0 Å². The summed E-state index contributed by atoms with van der Waals surface area (Å²) in [5.41, 5.74) is 0. The average Bonchev–Trinajstić information content (AvgIpc) is 3.14. The third kappa shape index (κ3) is 36.7. The lowest BCUT2D eigenvalue weighted by atomic mass is 10.1. The molecule has 0 aromatic heterocycles. The summed E-state index contributed by atoms with van der Waals surface area (Å²) in [7, 11) is -4.64. The first kappa shape index (κ1) is 50.9. The summed E-state index contributed by atoms with van der Waals surface area (Å²) < 4.78 is 32.5. The molecular weight excluding hydrogens is 695 g/mol. The topological polar surface area (TPSA) is 149 Å². The summed E-state index contributed by atoms with van der Waals surface area (Å²) in [5, 5.41) is 19.1. The molecule has 0 aromatic carbocycles. The van der Waals surface area contributed by atoms with Crippen molar-refractivity contribution < 1.29 is 47.8 Å². The Kier molecular flexibility index (Phi) is 36.7. The monoisotopic (exact) mass is 771 g/mol. The molecule has 0 saturated carbocycles. The van der Waals surface area contributed by atoms with Crippen molar-refractivity contribution in [3.63, 3.8) is 0 Å². The Hall–Kier alpha value is -2.07. The van der Waals surface area contributed by atoms with E-state index in [9.17, 15) is 29.3 Å². The maximum Gasteiger partial charge on any atom is 0.472 e. The lowest BCUT2D eigenvalue weighted by molar-refractivity contribution is -0.153. The van der Waals surface area contributed by atoms with E-state index in [0.717, 1.165) is 83.5 Å². The van der Waals surface area contributed by atoms with Gasteiger partial charge >= 0.3 is 19.8 Å². The van der Waals surface area contributed by atoms with Gasteiger partial charge in [-0.05, 0) is 70.6 Å². The Morgan fingerprint density at radius 1 is 0.509 bits per heavy atom. The van der Waals surface area contributed by atoms with E-state index in [2.05, 4.69) is 62.5 Å². The molecule has 308 valence electrons. The fourth-order valence-corrected chi connectivity index (χ4v) is 6.06. The van der Waals surface area contributed by atoms with Crippen LogP contribution in [0.1, 0.15) is 168 Å². The number of carbonyl (C=O) groups is 2. The van der Waals surface area contributed by atoms with Crippen molar-refractivity contribution in [3.8, 4) is 0 Å². The second-order valence-electron chi connectivity index (χ2n) is 13.6. The molecule has 0 aromatic rings. The molecule has 0 saturated heterocycles. The molecule has 3 atom stereocenters. The maximum atomic E-state index is 12.3. The first-order valence-corrected chi connectivity index (χ1v) is 22.1. The molecule has 0 amide bonds. The van der Waals surface area contributed by atoms with Crippen molar-refractivity contribution in [3.05, 3.63) is 48.6 Å². The van der Waals surface area contributed by atoms with Crippen LogP contribution < -0.4 is 0 Å². The van der Waals surface area contributed by atoms with Crippen LogP contribution >= 0.6 is 7.82 Å². The zero-order valence-corrected chi connectivity index (χ0v) is 34.1. The van der Waals surface area contributed by atoms with Crippen molar-refractivity contribution in [1.82, 2.24) is 0 Å². The van der Waals surface area contributed by atoms with Crippen molar-refractivity contribution in [1.29, 1.82) is 0 Å². The zero-order chi connectivity index (χ0) is 39.1. The highest BCUT2D eigenvalue weighted by molar-refractivity contribution is 7.47. The van der Waals surface area contributed by atoms with Crippen LogP contribution in [0.3, 0.4) is 0 Å². The predicted molar refractivity (Wildman–Crippen MR) is 214 cm³/mol. The van der Waals surface area contributed by atoms with Gasteiger partial charge in [-0.15, -0.1) is 0 Å². The third-order valence-electron chi connectivity index (χ3n) is 8.51. The molecule has 11 heteroatoms. The Bertz CT molecular complexity index is 1030. The number of rotatable bonds is 38. The van der Waals surface area contributed by atoms with Gasteiger partial charge in [0.15, 0.2) is 0 Å². The van der Waals surface area contributed by atoms with E-state index in [1.807, 2.05) is 0 Å². The first-order chi connectivity index (χ1) is 25.8. The van der Waals surface area contributed by atoms with Crippen LogP contribution in [0.25, 0.3) is 0 Å². The van der Waals surface area contributed by atoms with Crippen LogP contribution in [0.2, 0.25) is 0 Å². The molecule has 0 aliphatic rings. The highest BCUT2D eigenvalue weighted by atomic mass is 31.2. The lowest BCUT2D eigenvalue weighted by Gasteiger charge is -2.20. The van der Waals surface area contributed by atoms with Gasteiger partial charge in [-0.2, -0.15) is 0 Å². The minimum absolute atomic E-state index is 0.173. The summed E-state index contributed by atoms with van der Waals surface area (Å²) in [6, 6.07) is 0. The minimum Gasteiger partial charge on any atom is -0.457 e. The van der Waals surface area contributed by atoms with E-state index >= 15 is 0 Å². The number of ether oxygens (including phenoxy) is 2. The Morgan fingerprint density at radius 3 is 1.23 bits per heavy atom. The summed E-state index contributed by atoms with van der Waals surface area (Å²) in [4.78, 5) is 34.4. The van der Waals surface area contributed by atoms with E-state index in [0.29, 0.717) is 12.8 Å². The van der Waals surface area contributed by atoms with Gasteiger partial charge in [0, 0.05) is 12.8 Å². The van der Waals surface area contributed by atoms with E-state index in [-0.39, 0.29) is 12.8 Å². The number of unbranched alkanes of at least 4 members (excludes halogenated alkanes) is 16. The van der Waals surface area contributed by atoms with Crippen LogP contribution in [0.5, 0.6) is 0 Å². The lowest BCUT2D eigenvalue weighted by Crippen LogP contribution is -2.28. The number of phosphoric acid groups is 1. The normalized spacial score (nSPS) is 14.4. The van der Waals surface area contributed by atoms with E-state index in [1.54, 1.807) is 0 Å². The molecular formula is C42H75O10P. The van der Waals surface area contributed by atoms with Crippen LogP contribution in [0, 0.1) is 0 Å². The maximum absolute atomic E-state index is 12.3. The largest absolute Gasteiger partial charge is 0.472 e. The van der Waals surface area contributed by atoms with Gasteiger partial charge in [-0.1, -0.05) is 133 Å². The van der Waals surface area contributed by atoms with E-state index in [1.165, 1.54) is 44.9 Å². The number of aliphatic hydroxyl groups excluding tert-OH is 2. The summed E-state index contributed by atoms with van der Waals surface area (Å²) in [6.45, 7) is 2.10. The van der Waals surface area contributed by atoms with Crippen LogP contribution in [-0.4, -0.2) is 65.7 Å². The van der Waals surface area contributed by atoms with Crippen LogP contribution in [-0.2, 0) is 32.7 Å². The first-order valence-electron chi connectivity index (χ1n) is 20.6. The highest BCUT2D eigenvalue weighted by Crippen LogP contribution is 2.43. The molecule has 53 heavy (non-hydrogen) atoms. The molecule has 3 N–H and O–H groups in total. The smallest absolute Gasteiger partial charge is 0.457 e. The number of hydrogen-bond acceptors (Lipinski definition) is 9. The van der Waals surface area contributed by atoms with E-state index in [4.69, 9.17) is 18.5 Å². The van der Waals surface area contributed by atoms with Crippen molar-refractivity contribution in [2.24, 2.45) is 0 Å². The molecule has 0 fully saturated rings. The summed E-state index contributed by atoms with van der Waals surface area (Å²) in [6.07, 6.45) is 39.4. The Labute approximate surface area is 322 Å². The van der Waals surface area contributed by atoms with Gasteiger partial charge in [0.25, 0.3) is 0 Å². The average molecular weight is 771 g/mol. The number of phosphoric ester groups is 1. The number of hydrogen-bond donors (Lipinski definition) is 3. The molecule has 0 aliphatic heterocycles. The second-order valence-corrected chi connectivity index (χ2v) is 15.1. The fourth-order valence-electron chi connectivity index (χ4n) is 5.28. The Balaban J connectivity index is 4.00. The van der Waals surface area contributed by atoms with Crippen molar-refractivity contribution in [2.45, 2.75) is 180 Å². The van der Waals surface area contributed by atoms with Gasteiger partial charge in [-0.3, -0.25) is 18.6 Å². The highest BCUT2D eigenvalue weighted by Gasteiger charge is 2.27. The number of esters is 2. The molecule has 0 aliphatic carbocycles. The SMILES string of the molecule is CCCC/C=C\C/C=C\CCCCCCCC(=O)OC(CO)COP(=O)(O)OCC(CO)OC(=O)CCCCCCC/C=C\C/C=C\CCCCCC. The summed E-state index contributed by atoms with van der Waals surface area (Å²) in [5.74, 6) is -1.05. The standard InChI is InChI=1S/C42H75O10P/c1-3-5-7-9-11-13-15-17-19-20-22-24-26-28-30-32-34-42(46)52-40(36-44)38-50-53(47,48)49-37-39(35-43)51-41(45)33-31-29-27-25-23-21-18-16-14-12-10-8-6-4-2/h10,12-13,15-16,18-20,39-40,43-44H,3-9,11,14,17,21-38H2,1-2H3,(H,47,48)/b12-10-,15-13-,18-16-,20-19-. The molecule has 0 heterocycles. The molecule has 0 spiro atoms. The zero-order valence-electron chi connectivity index (χ0n) is 33.2. The number of aliphatic hydroxyl groups is 2. The molecule has 0 radical (unpaired) electrons. The van der Waals surface area contributed by atoms with Crippen LogP contribution in [0.15, 0.2) is 48.6 Å². The fraction of sp³-hybridized carbons (Fsp3) is 0.762. The third-order valence-corrected chi connectivity index (χ3v) is 9.46. The predicted octanol–water partition coefficient (Wildman–Crippen LogP) is 10.6. The van der Waals surface area contributed by atoms with Crippen LogP contribution in [0.4, 0.5) is 0 Å². The van der Waals surface area contributed by atoms with Crippen molar-refractivity contribution >= 4 is 19.8 Å². The minimum atomic E-state index is -4.64. The number of carbonyl (C=O) groups excluding carboxylic acids is 2. The summed E-state index contributed by atoms with van der Waals surface area (Å²) >= 11 is 0. The number of allylic oxidation sites excluding steroid dienone is 8. The molecule has 0 rings (SSSR count). The molecule has 10 nitrogen and oxygen atoms in total. The Morgan fingerprint density at radius 2 is 0.849 bits per heavy atom. The second kappa shape index (κ2) is 38.2. The van der Waals surface area contributed by atoms with E-state index < -0.39 is 58.4 Å². The van der Waals surface area contributed by atoms with Gasteiger partial charge in [0.05, 0.1) is 26.4 Å². The quantitative estimate of drug-likeness (QED) is 0.0240.